The van der Waals surface area contributed by atoms with Crippen LogP contribution in [-0.4, -0.2) is 18.4 Å². The molecular weight excluding hydrogens is 330 g/mol. The molecule has 0 bridgehead atoms. The molecule has 0 unspecified atom stereocenters. The molecule has 0 aliphatic rings. The number of hydrogen-bond acceptors (Lipinski definition) is 3. The number of carbonyl (C=O) groups is 2. The van der Waals surface area contributed by atoms with Crippen LogP contribution >= 0.6 is 0 Å². The van der Waals surface area contributed by atoms with E-state index >= 15 is 0 Å². The van der Waals surface area contributed by atoms with Crippen LogP contribution in [0.5, 0.6) is 0 Å². The lowest BCUT2D eigenvalue weighted by Crippen LogP contribution is -2.88. The van der Waals surface area contributed by atoms with Crippen molar-refractivity contribution in [2.75, 3.05) is 6.54 Å². The van der Waals surface area contributed by atoms with Gasteiger partial charge in [0.05, 0.1) is 6.26 Å². The number of carbonyl (C=O) groups excluding carboxylic acids is 2. The lowest BCUT2D eigenvalue weighted by atomic mass is 9.94. The first-order chi connectivity index (χ1) is 12.5. The maximum absolute atomic E-state index is 12.0. The summed E-state index contributed by atoms with van der Waals surface area (Å²) in [4.78, 5) is 23.8. The van der Waals surface area contributed by atoms with E-state index in [1.54, 1.807) is 6.07 Å². The predicted octanol–water partition coefficient (Wildman–Crippen LogP) is 1.95. The molecule has 6 heteroatoms. The average molecular weight is 358 g/mol. The monoisotopic (exact) mass is 358 g/mol. The minimum atomic E-state index is -0.477. The quantitative estimate of drug-likeness (QED) is 0.630. The fourth-order valence-corrected chi connectivity index (χ4v) is 2.87. The highest BCUT2D eigenvalue weighted by Gasteiger charge is 2.20. The molecule has 0 aliphatic heterocycles. The minimum absolute atomic E-state index is 0.154. The lowest BCUT2D eigenvalue weighted by Gasteiger charge is -2.20. The molecule has 1 heterocycles. The molecule has 0 radical (unpaired) electrons. The molecular formula is C20H28N3O3+. The number of hydrazine groups is 1. The van der Waals surface area contributed by atoms with E-state index in [-0.39, 0.29) is 24.3 Å². The van der Waals surface area contributed by atoms with Crippen molar-refractivity contribution < 1.29 is 19.3 Å². The molecule has 1 aromatic carbocycles. The number of benzene rings is 1. The van der Waals surface area contributed by atoms with E-state index in [1.807, 2.05) is 5.32 Å². The number of quaternary nitrogens is 1. The van der Waals surface area contributed by atoms with E-state index in [0.29, 0.717) is 5.92 Å². The van der Waals surface area contributed by atoms with Crippen LogP contribution in [0.2, 0.25) is 0 Å². The Labute approximate surface area is 154 Å². The van der Waals surface area contributed by atoms with Crippen LogP contribution in [0.1, 0.15) is 54.9 Å². The first-order valence-electron chi connectivity index (χ1n) is 9.06. The Balaban J connectivity index is 1.85. The van der Waals surface area contributed by atoms with Crippen LogP contribution < -0.4 is 16.2 Å². The molecule has 0 aliphatic carbocycles. The zero-order valence-corrected chi connectivity index (χ0v) is 15.6. The molecule has 2 aromatic rings. The van der Waals surface area contributed by atoms with Crippen molar-refractivity contribution in [1.82, 2.24) is 10.9 Å². The maximum Gasteiger partial charge on any atom is 0.305 e. The number of aryl methyl sites for hydroxylation is 1. The summed E-state index contributed by atoms with van der Waals surface area (Å²) in [5.41, 5.74) is 7.29. The van der Waals surface area contributed by atoms with Gasteiger partial charge in [0.2, 0.25) is 0 Å². The maximum atomic E-state index is 12.0. The van der Waals surface area contributed by atoms with E-state index in [9.17, 15) is 9.59 Å². The van der Waals surface area contributed by atoms with Crippen molar-refractivity contribution >= 4 is 11.8 Å². The van der Waals surface area contributed by atoms with Crippen molar-refractivity contribution in [2.24, 2.45) is 5.92 Å². The zero-order chi connectivity index (χ0) is 18.9. The van der Waals surface area contributed by atoms with Gasteiger partial charge in [-0.1, -0.05) is 51.5 Å². The van der Waals surface area contributed by atoms with Crippen molar-refractivity contribution in [1.29, 1.82) is 0 Å². The highest BCUT2D eigenvalue weighted by molar-refractivity contribution is 5.92. The first kappa shape index (κ1) is 19.7. The first-order valence-corrected chi connectivity index (χ1v) is 9.06. The smallest absolute Gasteiger partial charge is 0.305 e. The van der Waals surface area contributed by atoms with Gasteiger partial charge in [-0.3, -0.25) is 20.4 Å². The third kappa shape index (κ3) is 5.74. The highest BCUT2D eigenvalue weighted by atomic mass is 16.3. The molecule has 0 saturated carbocycles. The number of nitrogens with two attached hydrogens (primary N) is 1. The van der Waals surface area contributed by atoms with Gasteiger partial charge in [-0.25, -0.2) is 0 Å². The summed E-state index contributed by atoms with van der Waals surface area (Å²) >= 11 is 0. The van der Waals surface area contributed by atoms with Gasteiger partial charge in [-0.05, 0) is 24.1 Å². The Hall–Kier alpha value is -2.60. The van der Waals surface area contributed by atoms with Gasteiger partial charge in [0, 0.05) is 11.5 Å². The van der Waals surface area contributed by atoms with E-state index in [2.05, 4.69) is 55.9 Å². The summed E-state index contributed by atoms with van der Waals surface area (Å²) in [7, 11) is 0. The molecule has 140 valence electrons. The van der Waals surface area contributed by atoms with Crippen molar-refractivity contribution in [2.45, 2.75) is 39.7 Å². The van der Waals surface area contributed by atoms with Crippen LogP contribution in [0.3, 0.4) is 0 Å². The largest absolute Gasteiger partial charge is 0.459 e. The molecule has 26 heavy (non-hydrogen) atoms. The summed E-state index contributed by atoms with van der Waals surface area (Å²) < 4.78 is 4.97. The van der Waals surface area contributed by atoms with Gasteiger partial charge >= 0.3 is 5.91 Å². The third-order valence-electron chi connectivity index (χ3n) is 4.24. The Morgan fingerprint density at radius 3 is 2.42 bits per heavy atom. The summed E-state index contributed by atoms with van der Waals surface area (Å²) in [6.07, 6.45) is 3.61. The van der Waals surface area contributed by atoms with Crippen molar-refractivity contribution in [3.05, 3.63) is 59.5 Å². The number of rotatable bonds is 8. The van der Waals surface area contributed by atoms with Gasteiger partial charge in [-0.15, -0.1) is 0 Å². The van der Waals surface area contributed by atoms with Crippen LogP contribution in [0.4, 0.5) is 0 Å². The minimum Gasteiger partial charge on any atom is -0.459 e. The predicted molar refractivity (Wildman–Crippen MR) is 99.1 cm³/mol. The number of hydrogen-bond donors (Lipinski definition) is 3. The molecule has 6 nitrogen and oxygen atoms in total. The summed E-state index contributed by atoms with van der Waals surface area (Å²) in [6, 6.07) is 11.9. The van der Waals surface area contributed by atoms with Gasteiger partial charge in [0.25, 0.3) is 5.91 Å². The number of furan rings is 1. The molecule has 2 rings (SSSR count). The highest BCUT2D eigenvalue weighted by Crippen LogP contribution is 2.18. The van der Waals surface area contributed by atoms with Crippen LogP contribution in [-0.2, 0) is 11.2 Å². The second-order valence-corrected chi connectivity index (χ2v) is 6.68. The molecule has 1 aromatic heterocycles. The molecule has 0 fully saturated rings. The Kier molecular flexibility index (Phi) is 7.41. The Morgan fingerprint density at radius 2 is 1.85 bits per heavy atom. The number of amides is 2. The number of nitrogens with one attached hydrogen (secondary N) is 2. The fraction of sp³-hybridized carbons (Fsp3) is 0.400. The summed E-state index contributed by atoms with van der Waals surface area (Å²) in [5, 5.41) is 1.99. The summed E-state index contributed by atoms with van der Waals surface area (Å²) in [6.45, 7) is 6.66. The molecule has 4 N–H and O–H groups in total. The molecule has 0 spiro atoms. The average Bonchev–Trinajstić information content (AvgIpc) is 3.16. The van der Waals surface area contributed by atoms with Crippen molar-refractivity contribution in [3.8, 4) is 0 Å². The van der Waals surface area contributed by atoms with Gasteiger partial charge in [-0.2, -0.15) is 0 Å². The molecule has 0 saturated heterocycles. The Bertz CT molecular complexity index is 694. The van der Waals surface area contributed by atoms with E-state index < -0.39 is 5.91 Å². The topological polar surface area (TPSA) is 88.0 Å². The van der Waals surface area contributed by atoms with E-state index in [1.165, 1.54) is 23.5 Å². The standard InChI is InChI=1S/C20H27N3O3/c1-4-6-15-8-10-16(11-9-15)19(14(2)3)21-13-18(24)22-23-20(25)17-7-5-12-26-17/h5,7-12,14,19,21H,4,6,13H2,1-3H3,(H,22,24)(H,23,25)/p+1/t19-/m0/s1. The van der Waals surface area contributed by atoms with Crippen LogP contribution in [0.15, 0.2) is 47.1 Å². The summed E-state index contributed by atoms with van der Waals surface area (Å²) in [5.74, 6) is -0.215. The van der Waals surface area contributed by atoms with Crippen LogP contribution in [0.25, 0.3) is 0 Å². The molecule has 2 amide bonds. The van der Waals surface area contributed by atoms with E-state index in [4.69, 9.17) is 4.42 Å². The fourth-order valence-electron chi connectivity index (χ4n) is 2.87. The van der Waals surface area contributed by atoms with Gasteiger partial charge in [0.1, 0.15) is 6.04 Å². The third-order valence-corrected chi connectivity index (χ3v) is 4.24. The lowest BCUT2D eigenvalue weighted by molar-refractivity contribution is -0.692. The second kappa shape index (κ2) is 9.77. The van der Waals surface area contributed by atoms with E-state index in [0.717, 1.165) is 12.8 Å². The SMILES string of the molecule is CCCc1ccc([C@@H]([NH2+]CC(=O)NNC(=O)c2ccco2)C(C)C)cc1. The molecule has 1 atom stereocenters. The van der Waals surface area contributed by atoms with Gasteiger partial charge in [0.15, 0.2) is 12.3 Å². The van der Waals surface area contributed by atoms with Crippen LogP contribution in [0, 0.1) is 5.92 Å². The normalized spacial score (nSPS) is 12.0. The Morgan fingerprint density at radius 1 is 1.12 bits per heavy atom. The van der Waals surface area contributed by atoms with Gasteiger partial charge < -0.3 is 9.73 Å². The second-order valence-electron chi connectivity index (χ2n) is 6.68. The van der Waals surface area contributed by atoms with Crippen molar-refractivity contribution in [3.63, 3.8) is 0 Å². The zero-order valence-electron chi connectivity index (χ0n) is 15.6.